The van der Waals surface area contributed by atoms with Crippen molar-refractivity contribution in [3.8, 4) is 0 Å². The Morgan fingerprint density at radius 2 is 2.36 bits per heavy atom. The Morgan fingerprint density at radius 1 is 1.50 bits per heavy atom. The summed E-state index contributed by atoms with van der Waals surface area (Å²) in [5.74, 6) is 1.78. The van der Waals surface area contributed by atoms with Gasteiger partial charge in [-0.2, -0.15) is 0 Å². The van der Waals surface area contributed by atoms with Crippen LogP contribution in [0.1, 0.15) is 12.8 Å². The standard InChI is InChI=1S/C10H16ClNO2/c11-4-9-3-10(13)12(6-9)5-8-1-2-14-7-8/h8-9H,1-7H2. The third kappa shape index (κ3) is 2.20. The number of hydrogen-bond acceptors (Lipinski definition) is 2. The van der Waals surface area contributed by atoms with E-state index in [1.165, 1.54) is 0 Å². The van der Waals surface area contributed by atoms with Crippen LogP contribution >= 0.6 is 11.6 Å². The molecule has 1 amide bonds. The molecule has 2 rings (SSSR count). The SMILES string of the molecule is O=C1CC(CCl)CN1CC1CCOC1. The molecule has 0 aliphatic carbocycles. The number of halogens is 1. The Labute approximate surface area is 89.4 Å². The maximum atomic E-state index is 11.6. The van der Waals surface area contributed by atoms with E-state index in [0.29, 0.717) is 24.1 Å². The molecule has 0 N–H and O–H groups in total. The van der Waals surface area contributed by atoms with Crippen LogP contribution in [0.25, 0.3) is 0 Å². The highest BCUT2D eigenvalue weighted by atomic mass is 35.5. The average Bonchev–Trinajstić information content (AvgIpc) is 2.78. The van der Waals surface area contributed by atoms with Crippen LogP contribution in [0.2, 0.25) is 0 Å². The first kappa shape index (κ1) is 10.2. The van der Waals surface area contributed by atoms with E-state index in [-0.39, 0.29) is 5.91 Å². The fraction of sp³-hybridized carbons (Fsp3) is 0.900. The van der Waals surface area contributed by atoms with Crippen LogP contribution < -0.4 is 0 Å². The van der Waals surface area contributed by atoms with E-state index in [2.05, 4.69) is 0 Å². The number of rotatable bonds is 3. The molecular formula is C10H16ClNO2. The van der Waals surface area contributed by atoms with Gasteiger partial charge in [-0.25, -0.2) is 0 Å². The molecule has 0 spiro atoms. The van der Waals surface area contributed by atoms with Crippen LogP contribution in [-0.4, -0.2) is 43.0 Å². The Kier molecular flexibility index (Phi) is 3.29. The molecule has 3 nitrogen and oxygen atoms in total. The molecule has 2 fully saturated rings. The molecule has 0 bridgehead atoms. The van der Waals surface area contributed by atoms with Crippen LogP contribution in [0.15, 0.2) is 0 Å². The number of amides is 1. The van der Waals surface area contributed by atoms with Gasteiger partial charge in [-0.1, -0.05) is 0 Å². The minimum Gasteiger partial charge on any atom is -0.381 e. The van der Waals surface area contributed by atoms with Crippen molar-refractivity contribution < 1.29 is 9.53 Å². The van der Waals surface area contributed by atoms with Gasteiger partial charge in [0.1, 0.15) is 0 Å². The van der Waals surface area contributed by atoms with E-state index < -0.39 is 0 Å². The smallest absolute Gasteiger partial charge is 0.222 e. The zero-order valence-electron chi connectivity index (χ0n) is 8.25. The summed E-state index contributed by atoms with van der Waals surface area (Å²) in [6.07, 6.45) is 1.73. The van der Waals surface area contributed by atoms with Gasteiger partial charge >= 0.3 is 0 Å². The van der Waals surface area contributed by atoms with E-state index in [0.717, 1.165) is 32.7 Å². The van der Waals surface area contributed by atoms with Crippen molar-refractivity contribution in [2.45, 2.75) is 12.8 Å². The summed E-state index contributed by atoms with van der Waals surface area (Å²) >= 11 is 5.75. The summed E-state index contributed by atoms with van der Waals surface area (Å²) in [6.45, 7) is 3.38. The molecule has 2 saturated heterocycles. The Morgan fingerprint density at radius 3 is 2.93 bits per heavy atom. The molecule has 0 radical (unpaired) electrons. The van der Waals surface area contributed by atoms with Crippen molar-refractivity contribution in [1.29, 1.82) is 0 Å². The van der Waals surface area contributed by atoms with Crippen molar-refractivity contribution in [2.75, 3.05) is 32.2 Å². The predicted molar refractivity (Wildman–Crippen MR) is 54.3 cm³/mol. The summed E-state index contributed by atoms with van der Waals surface area (Å²) in [5, 5.41) is 0. The van der Waals surface area contributed by atoms with Gasteiger partial charge in [0.15, 0.2) is 0 Å². The number of alkyl halides is 1. The first-order chi connectivity index (χ1) is 6.79. The van der Waals surface area contributed by atoms with Crippen LogP contribution in [0.4, 0.5) is 0 Å². The molecule has 14 heavy (non-hydrogen) atoms. The largest absolute Gasteiger partial charge is 0.381 e. The minimum atomic E-state index is 0.266. The van der Waals surface area contributed by atoms with Gasteiger partial charge in [0.2, 0.25) is 5.91 Å². The van der Waals surface area contributed by atoms with Gasteiger partial charge in [0, 0.05) is 37.9 Å². The number of hydrogen-bond donors (Lipinski definition) is 0. The second-order valence-electron chi connectivity index (χ2n) is 4.25. The lowest BCUT2D eigenvalue weighted by atomic mass is 10.1. The number of likely N-dealkylation sites (tertiary alicyclic amines) is 1. The second-order valence-corrected chi connectivity index (χ2v) is 4.56. The normalized spacial score (nSPS) is 32.9. The van der Waals surface area contributed by atoms with Gasteiger partial charge in [0.05, 0.1) is 6.61 Å². The molecule has 4 heteroatoms. The summed E-state index contributed by atoms with van der Waals surface area (Å²) in [7, 11) is 0. The van der Waals surface area contributed by atoms with Crippen molar-refractivity contribution in [1.82, 2.24) is 4.90 Å². The summed E-state index contributed by atoms with van der Waals surface area (Å²) in [4.78, 5) is 13.5. The lowest BCUT2D eigenvalue weighted by molar-refractivity contribution is -0.128. The molecule has 2 aliphatic rings. The first-order valence-corrected chi connectivity index (χ1v) is 5.74. The van der Waals surface area contributed by atoms with Crippen LogP contribution in [-0.2, 0) is 9.53 Å². The Bertz CT molecular complexity index is 216. The molecule has 2 atom stereocenters. The summed E-state index contributed by atoms with van der Waals surface area (Å²) in [5.41, 5.74) is 0. The lowest BCUT2D eigenvalue weighted by Gasteiger charge is -2.19. The van der Waals surface area contributed by atoms with Crippen LogP contribution in [0.5, 0.6) is 0 Å². The van der Waals surface area contributed by atoms with Crippen molar-refractivity contribution >= 4 is 17.5 Å². The Hall–Kier alpha value is -0.280. The first-order valence-electron chi connectivity index (χ1n) is 5.21. The number of carbonyl (C=O) groups is 1. The van der Waals surface area contributed by atoms with Gasteiger partial charge in [-0.3, -0.25) is 4.79 Å². The maximum absolute atomic E-state index is 11.6. The third-order valence-corrected chi connectivity index (χ3v) is 3.45. The molecule has 80 valence electrons. The van der Waals surface area contributed by atoms with E-state index in [1.807, 2.05) is 4.90 Å². The number of carbonyl (C=O) groups excluding carboxylic acids is 1. The molecule has 0 aromatic heterocycles. The quantitative estimate of drug-likeness (QED) is 0.663. The molecule has 2 heterocycles. The van der Waals surface area contributed by atoms with Crippen molar-refractivity contribution in [2.24, 2.45) is 11.8 Å². The zero-order valence-corrected chi connectivity index (χ0v) is 9.00. The molecule has 2 aliphatic heterocycles. The number of nitrogens with zero attached hydrogens (tertiary/aromatic N) is 1. The summed E-state index contributed by atoms with van der Waals surface area (Å²) in [6, 6.07) is 0. The molecule has 2 unspecified atom stereocenters. The Balaban J connectivity index is 1.82. The van der Waals surface area contributed by atoms with Crippen molar-refractivity contribution in [3.63, 3.8) is 0 Å². The van der Waals surface area contributed by atoms with Gasteiger partial charge in [-0.15, -0.1) is 11.6 Å². The fourth-order valence-electron chi connectivity index (χ4n) is 2.17. The fourth-order valence-corrected chi connectivity index (χ4v) is 2.38. The van der Waals surface area contributed by atoms with E-state index in [9.17, 15) is 4.79 Å². The molecule has 0 aromatic carbocycles. The van der Waals surface area contributed by atoms with E-state index in [4.69, 9.17) is 16.3 Å². The highest BCUT2D eigenvalue weighted by Crippen LogP contribution is 2.22. The number of ether oxygens (including phenoxy) is 1. The van der Waals surface area contributed by atoms with Gasteiger partial charge < -0.3 is 9.64 Å². The topological polar surface area (TPSA) is 29.5 Å². The zero-order chi connectivity index (χ0) is 9.97. The van der Waals surface area contributed by atoms with Gasteiger partial charge in [-0.05, 0) is 12.3 Å². The maximum Gasteiger partial charge on any atom is 0.222 e. The second kappa shape index (κ2) is 4.49. The minimum absolute atomic E-state index is 0.266. The lowest BCUT2D eigenvalue weighted by Crippen LogP contribution is -2.31. The summed E-state index contributed by atoms with van der Waals surface area (Å²) < 4.78 is 5.29. The van der Waals surface area contributed by atoms with Crippen LogP contribution in [0, 0.1) is 11.8 Å². The monoisotopic (exact) mass is 217 g/mol. The van der Waals surface area contributed by atoms with Crippen molar-refractivity contribution in [3.05, 3.63) is 0 Å². The highest BCUT2D eigenvalue weighted by molar-refractivity contribution is 6.18. The molecule has 0 saturated carbocycles. The van der Waals surface area contributed by atoms with E-state index >= 15 is 0 Å². The molecular weight excluding hydrogens is 202 g/mol. The van der Waals surface area contributed by atoms with E-state index in [1.54, 1.807) is 0 Å². The predicted octanol–water partition coefficient (Wildman–Crippen LogP) is 1.11. The van der Waals surface area contributed by atoms with Crippen LogP contribution in [0.3, 0.4) is 0 Å². The average molecular weight is 218 g/mol. The highest BCUT2D eigenvalue weighted by Gasteiger charge is 2.31. The van der Waals surface area contributed by atoms with Gasteiger partial charge in [0.25, 0.3) is 0 Å². The third-order valence-electron chi connectivity index (χ3n) is 3.02. The molecule has 0 aromatic rings.